The molecule has 2 rings (SSSR count). The van der Waals surface area contributed by atoms with Crippen LogP contribution in [0.15, 0.2) is 41.0 Å². The van der Waals surface area contributed by atoms with Gasteiger partial charge in [0, 0.05) is 5.56 Å². The maximum absolute atomic E-state index is 12.4. The number of alkyl halides is 3. The van der Waals surface area contributed by atoms with Crippen molar-refractivity contribution in [3.63, 3.8) is 0 Å². The van der Waals surface area contributed by atoms with E-state index in [4.69, 9.17) is 4.74 Å². The number of carbonyl (C=O) groups excluding carboxylic acids is 1. The first-order chi connectivity index (χ1) is 8.41. The van der Waals surface area contributed by atoms with Gasteiger partial charge in [-0.25, -0.2) is 9.79 Å². The van der Waals surface area contributed by atoms with Gasteiger partial charge in [0.1, 0.15) is 5.70 Å². The van der Waals surface area contributed by atoms with Crippen molar-refractivity contribution in [1.82, 2.24) is 0 Å². The molecule has 0 fully saturated rings. The molecule has 0 amide bonds. The SMILES string of the molecule is C/C=C1/N=C(c2ccc(C(F)(F)F)cc2)OC1=O. The molecule has 6 heteroatoms. The summed E-state index contributed by atoms with van der Waals surface area (Å²) in [5.41, 5.74) is -0.291. The Morgan fingerprint density at radius 1 is 1.22 bits per heavy atom. The van der Waals surface area contributed by atoms with Crippen LogP contribution in [0.1, 0.15) is 18.1 Å². The molecule has 0 saturated carbocycles. The molecule has 0 saturated heterocycles. The molecule has 1 aliphatic rings. The van der Waals surface area contributed by atoms with Crippen LogP contribution in [0.25, 0.3) is 0 Å². The van der Waals surface area contributed by atoms with Crippen LogP contribution in [0.2, 0.25) is 0 Å². The molecule has 0 spiro atoms. The van der Waals surface area contributed by atoms with Crippen molar-refractivity contribution in [1.29, 1.82) is 0 Å². The highest BCUT2D eigenvalue weighted by Crippen LogP contribution is 2.29. The molecule has 0 N–H and O–H groups in total. The first-order valence-electron chi connectivity index (χ1n) is 5.06. The summed E-state index contributed by atoms with van der Waals surface area (Å²) in [5.74, 6) is -0.589. The third-order valence-corrected chi connectivity index (χ3v) is 2.35. The van der Waals surface area contributed by atoms with E-state index in [1.54, 1.807) is 6.92 Å². The maximum Gasteiger partial charge on any atom is 0.416 e. The fourth-order valence-electron chi connectivity index (χ4n) is 1.43. The average molecular weight is 255 g/mol. The molecule has 18 heavy (non-hydrogen) atoms. The lowest BCUT2D eigenvalue weighted by Gasteiger charge is -2.06. The number of allylic oxidation sites excluding steroid dienone is 1. The molecule has 0 atom stereocenters. The quantitative estimate of drug-likeness (QED) is 0.571. The highest BCUT2D eigenvalue weighted by atomic mass is 19.4. The van der Waals surface area contributed by atoms with Gasteiger partial charge in [-0.1, -0.05) is 6.08 Å². The number of aliphatic imine (C=N–C) groups is 1. The summed E-state index contributed by atoms with van der Waals surface area (Å²) < 4.78 is 41.9. The van der Waals surface area contributed by atoms with E-state index in [2.05, 4.69) is 4.99 Å². The van der Waals surface area contributed by atoms with Gasteiger partial charge in [0.2, 0.25) is 5.90 Å². The molecule has 0 aromatic heterocycles. The minimum absolute atomic E-state index is 0.0156. The maximum atomic E-state index is 12.4. The Morgan fingerprint density at radius 2 is 1.83 bits per heavy atom. The van der Waals surface area contributed by atoms with Gasteiger partial charge in [-0.2, -0.15) is 13.2 Å². The van der Waals surface area contributed by atoms with Gasteiger partial charge in [-0.3, -0.25) is 0 Å². The fourth-order valence-corrected chi connectivity index (χ4v) is 1.43. The summed E-state index contributed by atoms with van der Waals surface area (Å²) in [6.45, 7) is 1.62. The van der Waals surface area contributed by atoms with Gasteiger partial charge in [0.15, 0.2) is 0 Å². The van der Waals surface area contributed by atoms with E-state index in [9.17, 15) is 18.0 Å². The van der Waals surface area contributed by atoms with Crippen molar-refractivity contribution in [2.24, 2.45) is 4.99 Å². The summed E-state index contributed by atoms with van der Waals surface area (Å²) in [6, 6.07) is 4.26. The summed E-state index contributed by atoms with van der Waals surface area (Å²) in [5, 5.41) is 0. The topological polar surface area (TPSA) is 38.7 Å². The van der Waals surface area contributed by atoms with E-state index in [-0.39, 0.29) is 11.6 Å². The number of benzene rings is 1. The average Bonchev–Trinajstić information content (AvgIpc) is 2.69. The molecule has 0 bridgehead atoms. The van der Waals surface area contributed by atoms with E-state index in [1.165, 1.54) is 18.2 Å². The zero-order valence-electron chi connectivity index (χ0n) is 9.28. The van der Waals surface area contributed by atoms with Gasteiger partial charge < -0.3 is 4.74 Å². The predicted molar refractivity (Wildman–Crippen MR) is 57.8 cm³/mol. The fraction of sp³-hybridized carbons (Fsp3) is 0.167. The molecule has 3 nitrogen and oxygen atoms in total. The summed E-state index contributed by atoms with van der Waals surface area (Å²) >= 11 is 0. The number of cyclic esters (lactones) is 1. The Labute approximate surface area is 101 Å². The molecular weight excluding hydrogens is 247 g/mol. The lowest BCUT2D eigenvalue weighted by atomic mass is 10.1. The molecule has 1 heterocycles. The number of carbonyl (C=O) groups is 1. The number of nitrogens with zero attached hydrogens (tertiary/aromatic N) is 1. The first kappa shape index (κ1) is 12.3. The van der Waals surface area contributed by atoms with E-state index >= 15 is 0 Å². The van der Waals surface area contributed by atoms with Gasteiger partial charge in [-0.05, 0) is 31.2 Å². The standard InChI is InChI=1S/C12H8F3NO2/c1-2-9-11(17)18-10(16-9)7-3-5-8(6-4-7)12(13,14)15/h2-6H,1H3/b9-2+. The van der Waals surface area contributed by atoms with Gasteiger partial charge in [0.25, 0.3) is 0 Å². The third-order valence-electron chi connectivity index (χ3n) is 2.35. The van der Waals surface area contributed by atoms with E-state index in [1.807, 2.05) is 0 Å². The molecule has 0 aliphatic carbocycles. The Balaban J connectivity index is 2.30. The Kier molecular flexibility index (Phi) is 2.94. The monoisotopic (exact) mass is 255 g/mol. The highest BCUT2D eigenvalue weighted by molar-refractivity contribution is 6.11. The lowest BCUT2D eigenvalue weighted by Crippen LogP contribution is -2.08. The minimum atomic E-state index is -4.39. The number of halogens is 3. The van der Waals surface area contributed by atoms with Gasteiger partial charge >= 0.3 is 12.1 Å². The predicted octanol–water partition coefficient (Wildman–Crippen LogP) is 2.91. The van der Waals surface area contributed by atoms with Crippen LogP contribution in [-0.2, 0) is 15.7 Å². The van der Waals surface area contributed by atoms with Crippen molar-refractivity contribution < 1.29 is 22.7 Å². The summed E-state index contributed by atoms with van der Waals surface area (Å²) in [6.07, 6.45) is -2.92. The van der Waals surface area contributed by atoms with Crippen LogP contribution < -0.4 is 0 Å². The van der Waals surface area contributed by atoms with Gasteiger partial charge in [-0.15, -0.1) is 0 Å². The minimum Gasteiger partial charge on any atom is -0.402 e. The van der Waals surface area contributed by atoms with E-state index in [0.29, 0.717) is 5.56 Å². The first-order valence-corrected chi connectivity index (χ1v) is 5.06. The van der Waals surface area contributed by atoms with Crippen molar-refractivity contribution in [2.45, 2.75) is 13.1 Å². The second kappa shape index (κ2) is 4.29. The van der Waals surface area contributed by atoms with Crippen LogP contribution in [0, 0.1) is 0 Å². The van der Waals surface area contributed by atoms with Crippen LogP contribution in [0.3, 0.4) is 0 Å². The van der Waals surface area contributed by atoms with E-state index in [0.717, 1.165) is 12.1 Å². The highest BCUT2D eigenvalue weighted by Gasteiger charge is 2.30. The summed E-state index contributed by atoms with van der Waals surface area (Å²) in [7, 11) is 0. The van der Waals surface area contributed by atoms with Crippen LogP contribution in [0.5, 0.6) is 0 Å². The van der Waals surface area contributed by atoms with Gasteiger partial charge in [0.05, 0.1) is 5.56 Å². The van der Waals surface area contributed by atoms with Crippen LogP contribution in [-0.4, -0.2) is 11.9 Å². The molecule has 1 aliphatic heterocycles. The number of rotatable bonds is 1. The zero-order valence-corrected chi connectivity index (χ0v) is 9.28. The molecule has 94 valence electrons. The molecule has 0 unspecified atom stereocenters. The molecule has 0 radical (unpaired) electrons. The lowest BCUT2D eigenvalue weighted by molar-refractivity contribution is -0.137. The largest absolute Gasteiger partial charge is 0.416 e. The number of hydrogen-bond donors (Lipinski definition) is 0. The Hall–Kier alpha value is -2.11. The van der Waals surface area contributed by atoms with E-state index < -0.39 is 17.7 Å². The molecule has 1 aromatic rings. The second-order valence-corrected chi connectivity index (χ2v) is 3.56. The molecule has 1 aromatic carbocycles. The molecular formula is C12H8F3NO2. The third kappa shape index (κ3) is 2.27. The zero-order chi connectivity index (χ0) is 13.3. The van der Waals surface area contributed by atoms with Crippen LogP contribution in [0.4, 0.5) is 13.2 Å². The van der Waals surface area contributed by atoms with Crippen molar-refractivity contribution in [2.75, 3.05) is 0 Å². The normalized spacial score (nSPS) is 17.9. The smallest absolute Gasteiger partial charge is 0.402 e. The Morgan fingerprint density at radius 3 is 2.28 bits per heavy atom. The van der Waals surface area contributed by atoms with Crippen molar-refractivity contribution in [3.8, 4) is 0 Å². The van der Waals surface area contributed by atoms with Crippen molar-refractivity contribution in [3.05, 3.63) is 47.2 Å². The second-order valence-electron chi connectivity index (χ2n) is 3.56. The summed E-state index contributed by atoms with van der Waals surface area (Å²) in [4.78, 5) is 15.1. The van der Waals surface area contributed by atoms with Crippen molar-refractivity contribution >= 4 is 11.9 Å². The number of ether oxygens (including phenoxy) is 1. The number of hydrogen-bond acceptors (Lipinski definition) is 3. The van der Waals surface area contributed by atoms with Crippen LogP contribution >= 0.6 is 0 Å². The number of esters is 1. The Bertz CT molecular complexity index is 541.